The third kappa shape index (κ3) is 5.26. The van der Waals surface area contributed by atoms with E-state index in [2.05, 4.69) is 14.7 Å². The van der Waals surface area contributed by atoms with Gasteiger partial charge in [0.15, 0.2) is 10.3 Å². The van der Waals surface area contributed by atoms with Crippen LogP contribution in [0.15, 0.2) is 47.3 Å². The van der Waals surface area contributed by atoms with Gasteiger partial charge in [-0.1, -0.05) is 23.5 Å². The molecule has 5 rings (SSSR count). The third-order valence-electron chi connectivity index (χ3n) is 6.50. The summed E-state index contributed by atoms with van der Waals surface area (Å²) in [5.74, 6) is 0.287. The van der Waals surface area contributed by atoms with Crippen LogP contribution in [-0.2, 0) is 6.54 Å². The van der Waals surface area contributed by atoms with Gasteiger partial charge in [-0.3, -0.25) is 14.3 Å². The number of methoxy groups -OCH3 is 2. The first-order chi connectivity index (χ1) is 19.1. The fourth-order valence-electron chi connectivity index (χ4n) is 4.69. The van der Waals surface area contributed by atoms with E-state index in [4.69, 9.17) is 9.47 Å². The molecule has 1 aliphatic heterocycles. The molecule has 1 N–H and O–H groups in total. The molecule has 0 saturated carbocycles. The number of likely N-dealkylation sites (tertiary alicyclic amines) is 1. The molecule has 4 aromatic rings. The van der Waals surface area contributed by atoms with E-state index in [0.29, 0.717) is 41.5 Å². The fourth-order valence-corrected chi connectivity index (χ4v) is 5.77. The molecule has 2 aromatic heterocycles. The molecule has 210 valence electrons. The zero-order valence-electron chi connectivity index (χ0n) is 21.3. The van der Waals surface area contributed by atoms with Crippen molar-refractivity contribution < 1.29 is 37.3 Å². The Morgan fingerprint density at radius 1 is 1.12 bits per heavy atom. The van der Waals surface area contributed by atoms with Crippen LogP contribution in [0.25, 0.3) is 21.7 Å². The van der Waals surface area contributed by atoms with Crippen molar-refractivity contribution in [1.82, 2.24) is 19.4 Å². The normalized spacial score (nSPS) is 15.4. The van der Waals surface area contributed by atoms with E-state index < -0.39 is 29.8 Å². The van der Waals surface area contributed by atoms with Crippen LogP contribution in [0.4, 0.5) is 18.0 Å². The number of hydrogen-bond donors (Lipinski definition) is 1. The Balaban J connectivity index is 1.72. The Morgan fingerprint density at radius 3 is 2.60 bits per heavy atom. The Hall–Kier alpha value is -4.33. The van der Waals surface area contributed by atoms with Crippen molar-refractivity contribution in [2.75, 3.05) is 20.8 Å². The molecule has 0 bridgehead atoms. The van der Waals surface area contributed by atoms with E-state index in [-0.39, 0.29) is 28.3 Å². The van der Waals surface area contributed by atoms with E-state index >= 15 is 0 Å². The lowest BCUT2D eigenvalue weighted by Gasteiger charge is -2.18. The van der Waals surface area contributed by atoms with E-state index in [0.717, 1.165) is 17.4 Å². The molecule has 1 aliphatic rings. The highest BCUT2D eigenvalue weighted by molar-refractivity contribution is 7.18. The highest BCUT2D eigenvalue weighted by Crippen LogP contribution is 2.38. The molecule has 1 atom stereocenters. The van der Waals surface area contributed by atoms with Gasteiger partial charge in [0.2, 0.25) is 0 Å². The second-order valence-electron chi connectivity index (χ2n) is 8.89. The lowest BCUT2D eigenvalue weighted by atomic mass is 10.1. The summed E-state index contributed by atoms with van der Waals surface area (Å²) < 4.78 is 56.0. The molecule has 2 aromatic carbocycles. The number of carboxylic acid groups (broad SMARTS) is 1. The molecule has 0 unspecified atom stereocenters. The maximum absolute atomic E-state index is 13.9. The number of para-hydroxylation sites is 1. The number of carbonyl (C=O) groups is 1. The lowest BCUT2D eigenvalue weighted by molar-refractivity contribution is -0.274. The molecule has 0 spiro atoms. The summed E-state index contributed by atoms with van der Waals surface area (Å²) >= 11 is 1.04. The van der Waals surface area contributed by atoms with Gasteiger partial charge in [0, 0.05) is 18.2 Å². The number of alkyl halides is 3. The van der Waals surface area contributed by atoms with Crippen LogP contribution in [0.5, 0.6) is 17.2 Å². The number of benzene rings is 2. The van der Waals surface area contributed by atoms with Gasteiger partial charge in [0.25, 0.3) is 5.56 Å². The van der Waals surface area contributed by atoms with Crippen LogP contribution < -0.4 is 19.8 Å². The Kier molecular flexibility index (Phi) is 7.27. The fraction of sp³-hybridized carbons (Fsp3) is 0.308. The number of nitrogens with zero attached hydrogens (tertiary/aromatic N) is 4. The molecule has 0 aliphatic carbocycles. The van der Waals surface area contributed by atoms with Crippen molar-refractivity contribution in [2.24, 2.45) is 0 Å². The van der Waals surface area contributed by atoms with Crippen LogP contribution in [0.1, 0.15) is 29.5 Å². The Labute approximate surface area is 229 Å². The van der Waals surface area contributed by atoms with Gasteiger partial charge in [-0.2, -0.15) is 0 Å². The maximum Gasteiger partial charge on any atom is 0.573 e. The molecular formula is C26H23F3N4O6S. The topological polar surface area (TPSA) is 116 Å². The lowest BCUT2D eigenvalue weighted by Crippen LogP contribution is -2.28. The van der Waals surface area contributed by atoms with Crippen molar-refractivity contribution in [2.45, 2.75) is 31.8 Å². The number of aromatic nitrogens is 3. The summed E-state index contributed by atoms with van der Waals surface area (Å²) in [4.78, 5) is 36.1. The second kappa shape index (κ2) is 10.7. The molecule has 14 heteroatoms. The van der Waals surface area contributed by atoms with Crippen molar-refractivity contribution in [3.8, 4) is 28.6 Å². The summed E-state index contributed by atoms with van der Waals surface area (Å²) in [6, 6.07) is 9.81. The van der Waals surface area contributed by atoms with Gasteiger partial charge in [-0.15, -0.1) is 13.2 Å². The Morgan fingerprint density at radius 2 is 1.90 bits per heavy atom. The smallest absolute Gasteiger partial charge is 0.497 e. The van der Waals surface area contributed by atoms with E-state index in [1.807, 2.05) is 0 Å². The first kappa shape index (κ1) is 27.2. The summed E-state index contributed by atoms with van der Waals surface area (Å²) in [5.41, 5.74) is -0.149. The zero-order valence-corrected chi connectivity index (χ0v) is 22.1. The van der Waals surface area contributed by atoms with Gasteiger partial charge in [-0.05, 0) is 37.1 Å². The predicted octanol–water partition coefficient (Wildman–Crippen LogP) is 5.30. The van der Waals surface area contributed by atoms with E-state index in [1.54, 1.807) is 18.2 Å². The summed E-state index contributed by atoms with van der Waals surface area (Å²) in [6.07, 6.45) is -4.92. The molecule has 40 heavy (non-hydrogen) atoms. The first-order valence-electron chi connectivity index (χ1n) is 12.1. The highest BCUT2D eigenvalue weighted by atomic mass is 32.1. The summed E-state index contributed by atoms with van der Waals surface area (Å²) in [7, 11) is 2.93. The van der Waals surface area contributed by atoms with Gasteiger partial charge in [-0.25, -0.2) is 14.8 Å². The molecule has 1 fully saturated rings. The minimum Gasteiger partial charge on any atom is -0.497 e. The number of fused-ring (bicyclic) bond motifs is 1. The number of rotatable bonds is 7. The molecule has 1 saturated heterocycles. The zero-order chi connectivity index (χ0) is 28.6. The van der Waals surface area contributed by atoms with Crippen molar-refractivity contribution >= 4 is 27.8 Å². The van der Waals surface area contributed by atoms with E-state index in [1.165, 1.54) is 41.9 Å². The third-order valence-corrected chi connectivity index (χ3v) is 7.55. The van der Waals surface area contributed by atoms with Crippen molar-refractivity contribution in [3.05, 3.63) is 63.4 Å². The molecule has 3 heterocycles. The minimum absolute atomic E-state index is 0.0114. The van der Waals surface area contributed by atoms with Crippen molar-refractivity contribution in [1.29, 1.82) is 0 Å². The number of amides is 1. The number of hydrogen-bond acceptors (Lipinski definition) is 8. The number of ether oxygens (including phenoxy) is 3. The van der Waals surface area contributed by atoms with Crippen LogP contribution in [0.2, 0.25) is 0 Å². The maximum atomic E-state index is 13.9. The van der Waals surface area contributed by atoms with Gasteiger partial charge in [0.05, 0.1) is 32.4 Å². The monoisotopic (exact) mass is 576 g/mol. The number of halogens is 3. The van der Waals surface area contributed by atoms with Gasteiger partial charge >= 0.3 is 12.5 Å². The van der Waals surface area contributed by atoms with Crippen LogP contribution in [0, 0.1) is 0 Å². The van der Waals surface area contributed by atoms with Crippen LogP contribution in [-0.4, -0.2) is 57.8 Å². The van der Waals surface area contributed by atoms with Gasteiger partial charge in [0.1, 0.15) is 28.1 Å². The first-order valence-corrected chi connectivity index (χ1v) is 12.9. The minimum atomic E-state index is -4.98. The summed E-state index contributed by atoms with van der Waals surface area (Å²) in [5, 5.41) is 9.97. The second-order valence-corrected chi connectivity index (χ2v) is 9.90. The average molecular weight is 577 g/mol. The largest absolute Gasteiger partial charge is 0.573 e. The highest BCUT2D eigenvalue weighted by Gasteiger charge is 2.34. The SMILES string of the molecule is COc1ccc(Cn2c(-c3ccccc3OC(F)(F)F)nc3sc([C@H]4CCCN4C(=O)O)nc3c2=O)c(OC)c1. The Bertz CT molecular complexity index is 1640. The summed E-state index contributed by atoms with van der Waals surface area (Å²) in [6.45, 7) is 0.209. The molecule has 0 radical (unpaired) electrons. The molecule has 10 nitrogen and oxygen atoms in total. The van der Waals surface area contributed by atoms with Gasteiger partial charge < -0.3 is 19.3 Å². The van der Waals surface area contributed by atoms with E-state index in [9.17, 15) is 27.9 Å². The van der Waals surface area contributed by atoms with Crippen molar-refractivity contribution in [3.63, 3.8) is 0 Å². The predicted molar refractivity (Wildman–Crippen MR) is 139 cm³/mol. The van der Waals surface area contributed by atoms with Crippen LogP contribution in [0.3, 0.4) is 0 Å². The molecule has 1 amide bonds. The standard InChI is InChI=1S/C26H23F3N4O6S/c1-37-15-10-9-14(19(12-15)38-2)13-33-21(16-6-3-4-8-18(16)39-26(27,28)29)31-23-20(24(33)34)30-22(40-23)17-7-5-11-32(17)25(35)36/h3-4,6,8-10,12,17H,5,7,11,13H2,1-2H3,(H,35,36)/t17-/m1/s1. The quantitative estimate of drug-likeness (QED) is 0.315. The molecular weight excluding hydrogens is 553 g/mol. The average Bonchev–Trinajstić information content (AvgIpc) is 3.57. The van der Waals surface area contributed by atoms with Crippen LogP contribution >= 0.6 is 11.3 Å². The number of thiazole rings is 1.